The number of nitrogens with one attached hydrogen (secondary N) is 1. The fourth-order valence-electron chi connectivity index (χ4n) is 2.19. The van der Waals surface area contributed by atoms with Crippen LogP contribution in [0.5, 0.6) is 0 Å². The van der Waals surface area contributed by atoms with Crippen molar-refractivity contribution in [2.24, 2.45) is 0 Å². The molecule has 0 radical (unpaired) electrons. The van der Waals surface area contributed by atoms with Crippen LogP contribution >= 0.6 is 22.9 Å². The van der Waals surface area contributed by atoms with E-state index < -0.39 is 0 Å². The van der Waals surface area contributed by atoms with Gasteiger partial charge in [0.1, 0.15) is 5.82 Å². The molecule has 108 valence electrons. The Balaban J connectivity index is 2.18. The summed E-state index contributed by atoms with van der Waals surface area (Å²) in [6.07, 6.45) is 1.82. The maximum absolute atomic E-state index is 13.5. The average molecular weight is 312 g/mol. The molecule has 2 rings (SSSR count). The van der Waals surface area contributed by atoms with Crippen molar-refractivity contribution in [3.8, 4) is 0 Å². The molecule has 1 unspecified atom stereocenters. The number of aryl methyl sites for hydroxylation is 1. The Morgan fingerprint density at radius 1 is 1.25 bits per heavy atom. The van der Waals surface area contributed by atoms with E-state index in [1.54, 1.807) is 6.07 Å². The lowest BCUT2D eigenvalue weighted by Crippen LogP contribution is -2.22. The number of hydrogen-bond donors (Lipinski definition) is 1. The van der Waals surface area contributed by atoms with Crippen LogP contribution in [0.25, 0.3) is 0 Å². The van der Waals surface area contributed by atoms with E-state index in [2.05, 4.69) is 31.3 Å². The topological polar surface area (TPSA) is 12.0 Å². The molecular weight excluding hydrogens is 293 g/mol. The van der Waals surface area contributed by atoms with E-state index in [0.717, 1.165) is 24.9 Å². The highest BCUT2D eigenvalue weighted by Gasteiger charge is 2.14. The summed E-state index contributed by atoms with van der Waals surface area (Å²) in [4.78, 5) is 2.68. The Kier molecular flexibility index (Phi) is 5.58. The van der Waals surface area contributed by atoms with Crippen LogP contribution in [0.1, 0.15) is 35.2 Å². The van der Waals surface area contributed by atoms with E-state index in [0.29, 0.717) is 0 Å². The van der Waals surface area contributed by atoms with Gasteiger partial charge >= 0.3 is 0 Å². The summed E-state index contributed by atoms with van der Waals surface area (Å²) in [5.41, 5.74) is 0.962. The maximum atomic E-state index is 13.5. The second kappa shape index (κ2) is 7.21. The molecule has 0 spiro atoms. The normalized spacial score (nSPS) is 12.6. The molecule has 20 heavy (non-hydrogen) atoms. The minimum absolute atomic E-state index is 0.179. The Hall–Kier alpha value is -0.900. The number of thiophene rings is 1. The van der Waals surface area contributed by atoms with Gasteiger partial charge < -0.3 is 5.32 Å². The van der Waals surface area contributed by atoms with Gasteiger partial charge in [-0.25, -0.2) is 4.39 Å². The third-order valence-electron chi connectivity index (χ3n) is 3.25. The van der Waals surface area contributed by atoms with Crippen LogP contribution in [-0.4, -0.2) is 6.54 Å². The first-order valence-corrected chi connectivity index (χ1v) is 8.09. The van der Waals surface area contributed by atoms with Crippen molar-refractivity contribution in [1.29, 1.82) is 0 Å². The SMILES string of the molecule is CCNC(Cc1ccc(Cl)c(F)c1)c1ccc(CC)s1. The minimum atomic E-state index is -0.347. The van der Waals surface area contributed by atoms with E-state index >= 15 is 0 Å². The first-order chi connectivity index (χ1) is 9.63. The highest BCUT2D eigenvalue weighted by atomic mass is 35.5. The van der Waals surface area contributed by atoms with Gasteiger partial charge in [-0.15, -0.1) is 11.3 Å². The molecule has 0 bridgehead atoms. The summed E-state index contributed by atoms with van der Waals surface area (Å²) in [6.45, 7) is 5.14. The van der Waals surface area contributed by atoms with Crippen LogP contribution < -0.4 is 5.32 Å². The molecule has 0 aliphatic carbocycles. The highest BCUT2D eigenvalue weighted by molar-refractivity contribution is 7.12. The van der Waals surface area contributed by atoms with Crippen molar-refractivity contribution in [2.75, 3.05) is 6.54 Å². The van der Waals surface area contributed by atoms with Crippen LogP contribution in [0, 0.1) is 5.82 Å². The van der Waals surface area contributed by atoms with Gasteiger partial charge in [-0.05, 0) is 49.2 Å². The number of hydrogen-bond acceptors (Lipinski definition) is 2. The molecule has 1 atom stereocenters. The van der Waals surface area contributed by atoms with Gasteiger partial charge in [0, 0.05) is 15.8 Å². The van der Waals surface area contributed by atoms with Gasteiger partial charge in [0.25, 0.3) is 0 Å². The molecule has 1 aromatic carbocycles. The Morgan fingerprint density at radius 3 is 2.65 bits per heavy atom. The maximum Gasteiger partial charge on any atom is 0.142 e. The molecule has 0 saturated carbocycles. The summed E-state index contributed by atoms with van der Waals surface area (Å²) in [5.74, 6) is -0.347. The van der Waals surface area contributed by atoms with Gasteiger partial charge in [-0.1, -0.05) is 31.5 Å². The third kappa shape index (κ3) is 3.81. The van der Waals surface area contributed by atoms with Crippen LogP contribution in [0.3, 0.4) is 0 Å². The van der Waals surface area contributed by atoms with E-state index in [9.17, 15) is 4.39 Å². The van der Waals surface area contributed by atoms with Crippen LogP contribution in [0.2, 0.25) is 5.02 Å². The second-order valence-electron chi connectivity index (χ2n) is 4.72. The van der Waals surface area contributed by atoms with Crippen molar-refractivity contribution < 1.29 is 4.39 Å². The van der Waals surface area contributed by atoms with Crippen LogP contribution in [0.4, 0.5) is 4.39 Å². The monoisotopic (exact) mass is 311 g/mol. The van der Waals surface area contributed by atoms with Crippen molar-refractivity contribution in [1.82, 2.24) is 5.32 Å². The number of rotatable bonds is 6. The molecule has 0 amide bonds. The van der Waals surface area contributed by atoms with Gasteiger partial charge in [-0.3, -0.25) is 0 Å². The highest BCUT2D eigenvalue weighted by Crippen LogP contribution is 2.27. The predicted molar refractivity (Wildman–Crippen MR) is 85.2 cm³/mol. The van der Waals surface area contributed by atoms with Crippen molar-refractivity contribution in [3.05, 3.63) is 56.5 Å². The summed E-state index contributed by atoms with van der Waals surface area (Å²) in [5, 5.41) is 3.65. The molecule has 0 saturated heterocycles. The molecule has 1 N–H and O–H groups in total. The van der Waals surface area contributed by atoms with Gasteiger partial charge in [0.05, 0.1) is 5.02 Å². The largest absolute Gasteiger partial charge is 0.309 e. The lowest BCUT2D eigenvalue weighted by atomic mass is 10.0. The first-order valence-electron chi connectivity index (χ1n) is 6.90. The zero-order valence-electron chi connectivity index (χ0n) is 11.7. The van der Waals surface area contributed by atoms with Crippen molar-refractivity contribution in [2.45, 2.75) is 32.7 Å². The summed E-state index contributed by atoms with van der Waals surface area (Å²) < 4.78 is 13.5. The third-order valence-corrected chi connectivity index (χ3v) is 4.90. The molecular formula is C16H19ClFNS. The first kappa shape index (κ1) is 15.5. The van der Waals surface area contributed by atoms with Gasteiger partial charge in [0.2, 0.25) is 0 Å². The molecule has 1 aromatic heterocycles. The molecule has 1 nitrogen and oxygen atoms in total. The fourth-order valence-corrected chi connectivity index (χ4v) is 3.34. The Bertz CT molecular complexity index is 567. The Morgan fingerprint density at radius 2 is 2.05 bits per heavy atom. The van der Waals surface area contributed by atoms with E-state index in [4.69, 9.17) is 11.6 Å². The Labute approximate surface area is 128 Å². The number of halogens is 2. The molecule has 0 aliphatic heterocycles. The number of benzene rings is 1. The molecule has 4 heteroatoms. The zero-order valence-corrected chi connectivity index (χ0v) is 13.3. The summed E-state index contributed by atoms with van der Waals surface area (Å²) in [7, 11) is 0. The van der Waals surface area contributed by atoms with Gasteiger partial charge in [-0.2, -0.15) is 0 Å². The fraction of sp³-hybridized carbons (Fsp3) is 0.375. The van der Waals surface area contributed by atoms with Crippen molar-refractivity contribution in [3.63, 3.8) is 0 Å². The van der Waals surface area contributed by atoms with Crippen molar-refractivity contribution >= 4 is 22.9 Å². The van der Waals surface area contributed by atoms with E-state index in [-0.39, 0.29) is 16.9 Å². The lowest BCUT2D eigenvalue weighted by Gasteiger charge is -2.16. The van der Waals surface area contributed by atoms with E-state index in [1.807, 2.05) is 17.4 Å². The van der Waals surface area contributed by atoms with E-state index in [1.165, 1.54) is 15.8 Å². The lowest BCUT2D eigenvalue weighted by molar-refractivity contribution is 0.554. The van der Waals surface area contributed by atoms with Crippen LogP contribution in [-0.2, 0) is 12.8 Å². The van der Waals surface area contributed by atoms with Gasteiger partial charge in [0.15, 0.2) is 0 Å². The molecule has 0 aliphatic rings. The second-order valence-corrected chi connectivity index (χ2v) is 6.33. The smallest absolute Gasteiger partial charge is 0.142 e. The quantitative estimate of drug-likeness (QED) is 0.792. The molecule has 2 aromatic rings. The summed E-state index contributed by atoms with van der Waals surface area (Å²) in [6, 6.07) is 9.62. The number of likely N-dealkylation sites (N-methyl/N-ethyl adjacent to an activating group) is 1. The standard InChI is InChI=1S/C16H19ClFNS/c1-3-12-6-8-16(20-12)15(19-4-2)10-11-5-7-13(17)14(18)9-11/h5-9,15,19H,3-4,10H2,1-2H3. The summed E-state index contributed by atoms with van der Waals surface area (Å²) >= 11 is 7.55. The minimum Gasteiger partial charge on any atom is -0.309 e. The predicted octanol–water partition coefficient (Wildman–Crippen LogP) is 5.00. The molecule has 1 heterocycles. The zero-order chi connectivity index (χ0) is 14.5. The average Bonchev–Trinajstić information content (AvgIpc) is 2.91. The molecule has 0 fully saturated rings. The van der Waals surface area contributed by atoms with Crippen LogP contribution in [0.15, 0.2) is 30.3 Å².